The summed E-state index contributed by atoms with van der Waals surface area (Å²) in [4.78, 5) is 12.7. The van der Waals surface area contributed by atoms with Gasteiger partial charge in [0.25, 0.3) is 5.91 Å². The Morgan fingerprint density at radius 1 is 0.967 bits per heavy atom. The Balaban J connectivity index is 1.74. The zero-order valence-corrected chi connectivity index (χ0v) is 16.0. The van der Waals surface area contributed by atoms with Crippen LogP contribution < -0.4 is 10.1 Å². The fraction of sp³-hybridized carbons (Fsp3) is 0.0435. The molecule has 5 nitrogen and oxygen atoms in total. The number of anilines is 1. The van der Waals surface area contributed by atoms with Crippen LogP contribution in [0.4, 0.5) is 14.6 Å². The van der Waals surface area contributed by atoms with E-state index in [1.165, 1.54) is 36.1 Å². The number of amides is 1. The number of nitrogens with one attached hydrogen (secondary N) is 1. The van der Waals surface area contributed by atoms with Crippen molar-refractivity contribution in [3.8, 4) is 22.7 Å². The molecule has 4 aromatic rings. The fourth-order valence-corrected chi connectivity index (χ4v) is 3.02. The molecule has 1 N–H and O–H groups in total. The van der Waals surface area contributed by atoms with E-state index in [1.807, 2.05) is 30.3 Å². The summed E-state index contributed by atoms with van der Waals surface area (Å²) in [7, 11) is 1.41. The van der Waals surface area contributed by atoms with Gasteiger partial charge in [0.1, 0.15) is 23.2 Å². The first-order valence-electron chi connectivity index (χ1n) is 9.11. The van der Waals surface area contributed by atoms with Gasteiger partial charge in [-0.3, -0.25) is 4.79 Å². The summed E-state index contributed by atoms with van der Waals surface area (Å²) < 4.78 is 34.5. The molecule has 1 amide bonds. The van der Waals surface area contributed by atoms with E-state index >= 15 is 0 Å². The third-order valence-electron chi connectivity index (χ3n) is 4.49. The van der Waals surface area contributed by atoms with E-state index in [1.54, 1.807) is 18.2 Å². The zero-order chi connectivity index (χ0) is 21.1. The fourth-order valence-electron chi connectivity index (χ4n) is 3.02. The van der Waals surface area contributed by atoms with E-state index < -0.39 is 17.5 Å². The predicted molar refractivity (Wildman–Crippen MR) is 110 cm³/mol. The number of methoxy groups -OCH3 is 1. The first-order chi connectivity index (χ1) is 14.5. The van der Waals surface area contributed by atoms with Crippen LogP contribution in [-0.4, -0.2) is 22.8 Å². The Morgan fingerprint density at radius 2 is 1.77 bits per heavy atom. The number of hydrogen-bond acceptors (Lipinski definition) is 3. The topological polar surface area (TPSA) is 56.1 Å². The molecule has 7 heteroatoms. The van der Waals surface area contributed by atoms with Crippen molar-refractivity contribution in [3.05, 3.63) is 96.1 Å². The first-order valence-corrected chi connectivity index (χ1v) is 9.11. The molecule has 0 saturated carbocycles. The molecule has 4 rings (SSSR count). The minimum absolute atomic E-state index is 0.149. The average molecular weight is 405 g/mol. The van der Waals surface area contributed by atoms with Gasteiger partial charge >= 0.3 is 0 Å². The maximum atomic E-state index is 14.3. The molecule has 0 radical (unpaired) electrons. The lowest BCUT2D eigenvalue weighted by molar-refractivity contribution is 0.102. The molecule has 0 saturated heterocycles. The van der Waals surface area contributed by atoms with Crippen molar-refractivity contribution in [1.29, 1.82) is 0 Å². The SMILES string of the molecule is COc1ccc(C(=O)Nc2cc(-c3ccccc3)nn2-c2cccc(F)c2)c(F)c1. The van der Waals surface area contributed by atoms with Crippen LogP contribution in [0.1, 0.15) is 10.4 Å². The van der Waals surface area contributed by atoms with Gasteiger partial charge in [-0.25, -0.2) is 13.5 Å². The Morgan fingerprint density at radius 3 is 2.47 bits per heavy atom. The molecule has 0 unspecified atom stereocenters. The number of carbonyl (C=O) groups is 1. The number of ether oxygens (including phenoxy) is 1. The highest BCUT2D eigenvalue weighted by Gasteiger charge is 2.18. The molecule has 30 heavy (non-hydrogen) atoms. The summed E-state index contributed by atoms with van der Waals surface area (Å²) in [5.41, 5.74) is 1.66. The summed E-state index contributed by atoms with van der Waals surface area (Å²) in [6.45, 7) is 0. The van der Waals surface area contributed by atoms with Gasteiger partial charge in [0.2, 0.25) is 0 Å². The summed E-state index contributed by atoms with van der Waals surface area (Å²) in [5, 5.41) is 7.18. The number of hydrogen-bond donors (Lipinski definition) is 1. The second kappa shape index (κ2) is 8.16. The van der Waals surface area contributed by atoms with Crippen molar-refractivity contribution in [2.45, 2.75) is 0 Å². The minimum atomic E-state index is -0.716. The van der Waals surface area contributed by atoms with Crippen molar-refractivity contribution in [1.82, 2.24) is 9.78 Å². The summed E-state index contributed by atoms with van der Waals surface area (Å²) >= 11 is 0. The second-order valence-electron chi connectivity index (χ2n) is 6.47. The molecule has 0 spiro atoms. The Hall–Kier alpha value is -4.00. The van der Waals surface area contributed by atoms with Crippen LogP contribution in [0.2, 0.25) is 0 Å². The largest absolute Gasteiger partial charge is 0.497 e. The highest BCUT2D eigenvalue weighted by atomic mass is 19.1. The van der Waals surface area contributed by atoms with Gasteiger partial charge in [-0.1, -0.05) is 36.4 Å². The third-order valence-corrected chi connectivity index (χ3v) is 4.49. The van der Waals surface area contributed by atoms with Gasteiger partial charge in [-0.15, -0.1) is 0 Å². The minimum Gasteiger partial charge on any atom is -0.497 e. The lowest BCUT2D eigenvalue weighted by atomic mass is 10.1. The quantitative estimate of drug-likeness (QED) is 0.504. The number of halogens is 2. The van der Waals surface area contributed by atoms with Crippen LogP contribution in [0.3, 0.4) is 0 Å². The molecule has 0 bridgehead atoms. The monoisotopic (exact) mass is 405 g/mol. The molecule has 3 aromatic carbocycles. The van der Waals surface area contributed by atoms with E-state index in [-0.39, 0.29) is 11.4 Å². The molecule has 0 aliphatic heterocycles. The number of nitrogens with zero attached hydrogens (tertiary/aromatic N) is 2. The lowest BCUT2D eigenvalue weighted by Crippen LogP contribution is -2.16. The van der Waals surface area contributed by atoms with Crippen LogP contribution in [-0.2, 0) is 0 Å². The van der Waals surface area contributed by atoms with Crippen LogP contribution >= 0.6 is 0 Å². The lowest BCUT2D eigenvalue weighted by Gasteiger charge is -2.10. The Bertz CT molecular complexity index is 1210. The predicted octanol–water partition coefficient (Wildman–Crippen LogP) is 5.08. The van der Waals surface area contributed by atoms with Crippen molar-refractivity contribution < 1.29 is 18.3 Å². The van der Waals surface area contributed by atoms with E-state index in [0.717, 1.165) is 11.6 Å². The van der Waals surface area contributed by atoms with Crippen LogP contribution in [0.25, 0.3) is 16.9 Å². The van der Waals surface area contributed by atoms with Crippen molar-refractivity contribution in [2.24, 2.45) is 0 Å². The Labute approximate surface area is 171 Å². The number of carbonyl (C=O) groups excluding carboxylic acids is 1. The van der Waals surface area contributed by atoms with Gasteiger partial charge in [-0.05, 0) is 30.3 Å². The summed E-state index contributed by atoms with van der Waals surface area (Å²) in [5.74, 6) is -1.23. The van der Waals surface area contributed by atoms with Gasteiger partial charge in [0.15, 0.2) is 0 Å². The smallest absolute Gasteiger partial charge is 0.259 e. The van der Waals surface area contributed by atoms with E-state index in [9.17, 15) is 13.6 Å². The second-order valence-corrected chi connectivity index (χ2v) is 6.47. The van der Waals surface area contributed by atoms with Crippen LogP contribution in [0, 0.1) is 11.6 Å². The van der Waals surface area contributed by atoms with Crippen molar-refractivity contribution in [2.75, 3.05) is 12.4 Å². The van der Waals surface area contributed by atoms with Gasteiger partial charge in [-0.2, -0.15) is 5.10 Å². The van der Waals surface area contributed by atoms with E-state index in [4.69, 9.17) is 4.74 Å². The molecular formula is C23H17F2N3O2. The van der Waals surface area contributed by atoms with Crippen molar-refractivity contribution in [3.63, 3.8) is 0 Å². The molecule has 0 atom stereocenters. The standard InChI is InChI=1S/C23H17F2N3O2/c1-30-18-10-11-19(20(25)13-18)23(29)26-22-14-21(15-6-3-2-4-7-15)27-28(22)17-9-5-8-16(24)12-17/h2-14H,1H3,(H,26,29). The van der Waals surface area contributed by atoms with Crippen LogP contribution in [0.15, 0.2) is 78.9 Å². The molecule has 0 fully saturated rings. The van der Waals surface area contributed by atoms with Crippen LogP contribution in [0.5, 0.6) is 5.75 Å². The summed E-state index contributed by atoms with van der Waals surface area (Å²) in [6, 6.07) is 20.8. The van der Waals surface area contributed by atoms with Gasteiger partial charge in [0.05, 0.1) is 24.1 Å². The molecule has 1 heterocycles. The Kier molecular flexibility index (Phi) is 5.26. The van der Waals surface area contributed by atoms with Crippen molar-refractivity contribution >= 4 is 11.7 Å². The molecule has 150 valence electrons. The van der Waals surface area contributed by atoms with E-state index in [2.05, 4.69) is 10.4 Å². The maximum Gasteiger partial charge on any atom is 0.259 e. The normalized spacial score (nSPS) is 10.6. The molecule has 0 aliphatic carbocycles. The highest BCUT2D eigenvalue weighted by Crippen LogP contribution is 2.26. The molecule has 1 aromatic heterocycles. The molecule has 0 aliphatic rings. The first kappa shape index (κ1) is 19.3. The van der Waals surface area contributed by atoms with E-state index in [0.29, 0.717) is 17.1 Å². The van der Waals surface area contributed by atoms with Gasteiger partial charge in [0, 0.05) is 17.7 Å². The number of rotatable bonds is 5. The maximum absolute atomic E-state index is 14.3. The number of aromatic nitrogens is 2. The average Bonchev–Trinajstić information content (AvgIpc) is 3.18. The number of benzene rings is 3. The third kappa shape index (κ3) is 3.91. The zero-order valence-electron chi connectivity index (χ0n) is 16.0. The molecular weight excluding hydrogens is 388 g/mol. The highest BCUT2D eigenvalue weighted by molar-refractivity contribution is 6.04. The summed E-state index contributed by atoms with van der Waals surface area (Å²) in [6.07, 6.45) is 0. The van der Waals surface area contributed by atoms with Gasteiger partial charge < -0.3 is 10.1 Å².